The predicted molar refractivity (Wildman–Crippen MR) is 83.4 cm³/mol. The number of likely N-dealkylation sites (N-methyl/N-ethyl adjacent to an activating group) is 1. The summed E-state index contributed by atoms with van der Waals surface area (Å²) in [7, 11) is 0. The Hall–Kier alpha value is -0.980. The SMILES string of the molecule is CCNC(Cc1ncnn1C(C)C)C1CN2CCN1CC2. The first-order valence-corrected chi connectivity index (χ1v) is 8.27. The van der Waals surface area contributed by atoms with Gasteiger partial charge in [0.25, 0.3) is 0 Å². The van der Waals surface area contributed by atoms with Gasteiger partial charge in [-0.1, -0.05) is 6.92 Å². The van der Waals surface area contributed by atoms with Gasteiger partial charge in [-0.25, -0.2) is 9.67 Å². The van der Waals surface area contributed by atoms with Crippen LogP contribution in [0.1, 0.15) is 32.6 Å². The van der Waals surface area contributed by atoms with Gasteiger partial charge in [-0.2, -0.15) is 5.10 Å². The lowest BCUT2D eigenvalue weighted by molar-refractivity contribution is -0.00333. The summed E-state index contributed by atoms with van der Waals surface area (Å²) in [6, 6.07) is 1.43. The highest BCUT2D eigenvalue weighted by molar-refractivity contribution is 5.00. The van der Waals surface area contributed by atoms with Crippen molar-refractivity contribution in [3.8, 4) is 0 Å². The quantitative estimate of drug-likeness (QED) is 0.821. The zero-order chi connectivity index (χ0) is 14.8. The summed E-state index contributed by atoms with van der Waals surface area (Å²) >= 11 is 0. The van der Waals surface area contributed by atoms with Crippen LogP contribution in [-0.2, 0) is 6.42 Å². The standard InChI is InChI=1S/C15H28N6/c1-4-16-13(9-15-17-11-18-21(15)12(2)3)14-10-19-5-7-20(14)8-6-19/h11-14,16H,4-10H2,1-3H3. The second-order valence-corrected chi connectivity index (χ2v) is 6.49. The van der Waals surface area contributed by atoms with Gasteiger partial charge in [-0.05, 0) is 20.4 Å². The third-order valence-electron chi connectivity index (χ3n) is 4.79. The van der Waals surface area contributed by atoms with Gasteiger partial charge in [-0.3, -0.25) is 9.80 Å². The Bertz CT molecular complexity index is 449. The normalized spacial score (nSPS) is 30.0. The molecule has 3 aliphatic rings. The Morgan fingerprint density at radius 3 is 2.62 bits per heavy atom. The molecule has 0 aromatic carbocycles. The van der Waals surface area contributed by atoms with Crippen molar-refractivity contribution in [3.63, 3.8) is 0 Å². The summed E-state index contributed by atoms with van der Waals surface area (Å²) < 4.78 is 2.06. The van der Waals surface area contributed by atoms with Crippen LogP contribution in [-0.4, -0.2) is 75.9 Å². The van der Waals surface area contributed by atoms with Crippen molar-refractivity contribution in [2.45, 2.75) is 45.3 Å². The number of aromatic nitrogens is 3. The van der Waals surface area contributed by atoms with E-state index in [1.54, 1.807) is 6.33 Å². The molecule has 0 spiro atoms. The molecule has 3 fully saturated rings. The summed E-state index contributed by atoms with van der Waals surface area (Å²) in [4.78, 5) is 9.75. The number of nitrogens with one attached hydrogen (secondary N) is 1. The van der Waals surface area contributed by atoms with Crippen LogP contribution in [0.15, 0.2) is 6.33 Å². The molecule has 118 valence electrons. The fraction of sp³-hybridized carbons (Fsp3) is 0.867. The van der Waals surface area contributed by atoms with E-state index in [0.29, 0.717) is 18.1 Å². The topological polar surface area (TPSA) is 49.2 Å². The van der Waals surface area contributed by atoms with E-state index in [9.17, 15) is 0 Å². The minimum atomic E-state index is 0.372. The molecule has 0 aliphatic carbocycles. The number of hydrogen-bond acceptors (Lipinski definition) is 5. The van der Waals surface area contributed by atoms with Gasteiger partial charge < -0.3 is 5.32 Å². The van der Waals surface area contributed by atoms with E-state index in [-0.39, 0.29) is 0 Å². The van der Waals surface area contributed by atoms with E-state index in [1.807, 2.05) is 0 Å². The highest BCUT2D eigenvalue weighted by Crippen LogP contribution is 2.20. The molecule has 3 saturated heterocycles. The van der Waals surface area contributed by atoms with Crippen LogP contribution in [0.3, 0.4) is 0 Å². The molecule has 2 atom stereocenters. The Morgan fingerprint density at radius 2 is 2.05 bits per heavy atom. The average Bonchev–Trinajstić information content (AvgIpc) is 2.96. The minimum absolute atomic E-state index is 0.372. The van der Waals surface area contributed by atoms with Crippen LogP contribution in [0.4, 0.5) is 0 Å². The van der Waals surface area contributed by atoms with Gasteiger partial charge in [0.15, 0.2) is 0 Å². The maximum Gasteiger partial charge on any atom is 0.138 e. The molecular formula is C15H28N6. The third-order valence-corrected chi connectivity index (χ3v) is 4.79. The maximum absolute atomic E-state index is 4.50. The highest BCUT2D eigenvalue weighted by Gasteiger charge is 2.37. The first-order chi connectivity index (χ1) is 10.2. The Kier molecular flexibility index (Phi) is 4.57. The Morgan fingerprint density at radius 1 is 1.29 bits per heavy atom. The van der Waals surface area contributed by atoms with E-state index >= 15 is 0 Å². The molecule has 1 aromatic rings. The van der Waals surface area contributed by atoms with Crippen LogP contribution in [0.25, 0.3) is 0 Å². The van der Waals surface area contributed by atoms with Gasteiger partial charge in [0.2, 0.25) is 0 Å². The monoisotopic (exact) mass is 292 g/mol. The van der Waals surface area contributed by atoms with Crippen LogP contribution < -0.4 is 5.32 Å². The van der Waals surface area contributed by atoms with Gasteiger partial charge in [0.05, 0.1) is 0 Å². The van der Waals surface area contributed by atoms with Crippen molar-refractivity contribution < 1.29 is 0 Å². The van der Waals surface area contributed by atoms with E-state index in [1.165, 1.54) is 32.7 Å². The Balaban J connectivity index is 1.74. The number of fused-ring (bicyclic) bond motifs is 3. The highest BCUT2D eigenvalue weighted by atomic mass is 15.4. The van der Waals surface area contributed by atoms with Gasteiger partial charge >= 0.3 is 0 Å². The first-order valence-electron chi connectivity index (χ1n) is 8.27. The summed E-state index contributed by atoms with van der Waals surface area (Å²) in [5.74, 6) is 1.11. The van der Waals surface area contributed by atoms with E-state index < -0.39 is 0 Å². The van der Waals surface area contributed by atoms with Crippen molar-refractivity contribution >= 4 is 0 Å². The minimum Gasteiger partial charge on any atom is -0.312 e. The molecule has 3 aliphatic heterocycles. The molecule has 0 amide bonds. The largest absolute Gasteiger partial charge is 0.312 e. The molecule has 1 aromatic heterocycles. The third kappa shape index (κ3) is 3.12. The number of piperazine rings is 3. The molecule has 1 N–H and O–H groups in total. The van der Waals surface area contributed by atoms with Crippen LogP contribution >= 0.6 is 0 Å². The number of nitrogens with zero attached hydrogens (tertiary/aromatic N) is 5. The van der Waals surface area contributed by atoms with Crippen molar-refractivity contribution in [2.24, 2.45) is 0 Å². The van der Waals surface area contributed by atoms with E-state index in [2.05, 4.69) is 50.7 Å². The maximum atomic E-state index is 4.50. The summed E-state index contributed by atoms with van der Waals surface area (Å²) in [6.07, 6.45) is 2.65. The lowest BCUT2D eigenvalue weighted by atomic mass is 9.97. The molecule has 21 heavy (non-hydrogen) atoms. The molecule has 4 heterocycles. The molecule has 6 nitrogen and oxygen atoms in total. The molecular weight excluding hydrogens is 264 g/mol. The molecule has 6 heteroatoms. The average molecular weight is 292 g/mol. The summed E-state index contributed by atoms with van der Waals surface area (Å²) in [5, 5.41) is 8.07. The molecule has 2 unspecified atom stereocenters. The van der Waals surface area contributed by atoms with Gasteiger partial charge in [0, 0.05) is 57.3 Å². The molecule has 0 radical (unpaired) electrons. The van der Waals surface area contributed by atoms with Crippen molar-refractivity contribution in [1.29, 1.82) is 0 Å². The zero-order valence-electron chi connectivity index (χ0n) is 13.5. The predicted octanol–water partition coefficient (Wildman–Crippen LogP) is 0.379. The van der Waals surface area contributed by atoms with Gasteiger partial charge in [-0.15, -0.1) is 0 Å². The van der Waals surface area contributed by atoms with Crippen LogP contribution in [0, 0.1) is 0 Å². The van der Waals surface area contributed by atoms with Crippen LogP contribution in [0.2, 0.25) is 0 Å². The van der Waals surface area contributed by atoms with Crippen LogP contribution in [0.5, 0.6) is 0 Å². The van der Waals surface area contributed by atoms with E-state index in [4.69, 9.17) is 0 Å². The van der Waals surface area contributed by atoms with Crippen molar-refractivity contribution in [2.75, 3.05) is 39.3 Å². The van der Waals surface area contributed by atoms with Crippen molar-refractivity contribution in [3.05, 3.63) is 12.2 Å². The summed E-state index contributed by atoms with van der Waals surface area (Å²) in [6.45, 7) is 13.6. The second-order valence-electron chi connectivity index (χ2n) is 6.49. The molecule has 2 bridgehead atoms. The lowest BCUT2D eigenvalue weighted by Gasteiger charge is -2.50. The fourth-order valence-electron chi connectivity index (χ4n) is 3.69. The number of hydrogen-bond donors (Lipinski definition) is 1. The second kappa shape index (κ2) is 6.42. The zero-order valence-corrected chi connectivity index (χ0v) is 13.5. The fourth-order valence-corrected chi connectivity index (χ4v) is 3.69. The molecule has 0 saturated carbocycles. The summed E-state index contributed by atoms with van der Waals surface area (Å²) in [5.41, 5.74) is 0. The number of rotatable bonds is 6. The first kappa shape index (κ1) is 14.9. The van der Waals surface area contributed by atoms with Gasteiger partial charge in [0.1, 0.15) is 12.2 Å². The molecule has 4 rings (SSSR count). The van der Waals surface area contributed by atoms with Crippen molar-refractivity contribution in [1.82, 2.24) is 29.9 Å². The lowest BCUT2D eigenvalue weighted by Crippen LogP contribution is -2.66. The van der Waals surface area contributed by atoms with E-state index in [0.717, 1.165) is 18.8 Å². The smallest absolute Gasteiger partial charge is 0.138 e. The Labute approximate surface area is 127 Å².